The lowest BCUT2D eigenvalue weighted by Gasteiger charge is -2.13. The summed E-state index contributed by atoms with van der Waals surface area (Å²) >= 11 is 0. The highest BCUT2D eigenvalue weighted by Crippen LogP contribution is 2.20. The first-order valence-corrected chi connectivity index (χ1v) is 6.92. The molecular formula is C11H15NO4S. The molecule has 0 bridgehead atoms. The summed E-state index contributed by atoms with van der Waals surface area (Å²) < 4.78 is 27.5. The molecule has 6 heteroatoms. The first-order valence-electron chi connectivity index (χ1n) is 4.97. The van der Waals surface area contributed by atoms with E-state index >= 15 is 0 Å². The number of carbonyl (C=O) groups excluding carboxylic acids is 1. The van der Waals surface area contributed by atoms with Gasteiger partial charge in [0.05, 0.1) is 17.9 Å². The summed E-state index contributed by atoms with van der Waals surface area (Å²) in [5.41, 5.74) is 6.39. The lowest BCUT2D eigenvalue weighted by molar-refractivity contribution is 0.0600. The molecule has 5 nitrogen and oxygen atoms in total. The quantitative estimate of drug-likeness (QED) is 0.794. The SMILES string of the molecule is COC(=O)c1ccc([C@@H](CN)S(C)(=O)=O)cc1. The van der Waals surface area contributed by atoms with Gasteiger partial charge in [0.2, 0.25) is 0 Å². The fraction of sp³-hybridized carbons (Fsp3) is 0.364. The highest BCUT2D eigenvalue weighted by atomic mass is 32.2. The fourth-order valence-corrected chi connectivity index (χ4v) is 2.51. The van der Waals surface area contributed by atoms with Crippen molar-refractivity contribution in [1.82, 2.24) is 0 Å². The second kappa shape index (κ2) is 5.29. The summed E-state index contributed by atoms with van der Waals surface area (Å²) in [7, 11) is -1.96. The summed E-state index contributed by atoms with van der Waals surface area (Å²) in [5.74, 6) is -0.458. The van der Waals surface area contributed by atoms with Crippen LogP contribution in [0.15, 0.2) is 24.3 Å². The molecule has 1 atom stereocenters. The molecule has 0 saturated heterocycles. The number of sulfone groups is 1. The van der Waals surface area contributed by atoms with Gasteiger partial charge >= 0.3 is 5.97 Å². The Bertz CT molecular complexity index is 493. The molecule has 1 aromatic rings. The van der Waals surface area contributed by atoms with Crippen molar-refractivity contribution < 1.29 is 17.9 Å². The van der Waals surface area contributed by atoms with Crippen molar-refractivity contribution >= 4 is 15.8 Å². The molecule has 0 amide bonds. The van der Waals surface area contributed by atoms with E-state index in [0.717, 1.165) is 6.26 Å². The van der Waals surface area contributed by atoms with E-state index in [4.69, 9.17) is 5.73 Å². The molecule has 0 heterocycles. The minimum atomic E-state index is -3.25. The van der Waals surface area contributed by atoms with Crippen LogP contribution in [0.5, 0.6) is 0 Å². The first kappa shape index (κ1) is 13.7. The van der Waals surface area contributed by atoms with Crippen LogP contribution in [-0.4, -0.2) is 34.3 Å². The second-order valence-corrected chi connectivity index (χ2v) is 5.90. The Balaban J connectivity index is 3.05. The van der Waals surface area contributed by atoms with Crippen LogP contribution in [0.3, 0.4) is 0 Å². The van der Waals surface area contributed by atoms with Crippen LogP contribution in [0.25, 0.3) is 0 Å². The van der Waals surface area contributed by atoms with Gasteiger partial charge in [-0.15, -0.1) is 0 Å². The normalized spacial score (nSPS) is 13.1. The van der Waals surface area contributed by atoms with Crippen molar-refractivity contribution in [2.24, 2.45) is 5.73 Å². The summed E-state index contributed by atoms with van der Waals surface area (Å²) in [6, 6.07) is 6.19. The van der Waals surface area contributed by atoms with Crippen molar-refractivity contribution in [2.75, 3.05) is 19.9 Å². The highest BCUT2D eigenvalue weighted by Gasteiger charge is 2.21. The molecule has 17 heavy (non-hydrogen) atoms. The molecule has 0 aromatic heterocycles. The van der Waals surface area contributed by atoms with Gasteiger partial charge in [-0.3, -0.25) is 0 Å². The Morgan fingerprint density at radius 1 is 1.35 bits per heavy atom. The van der Waals surface area contributed by atoms with Crippen LogP contribution in [-0.2, 0) is 14.6 Å². The van der Waals surface area contributed by atoms with Gasteiger partial charge in [0.1, 0.15) is 0 Å². The van der Waals surface area contributed by atoms with Crippen LogP contribution in [0, 0.1) is 0 Å². The second-order valence-electron chi connectivity index (χ2n) is 3.67. The molecule has 2 N–H and O–H groups in total. The molecule has 0 aliphatic heterocycles. The molecule has 0 unspecified atom stereocenters. The third-order valence-electron chi connectivity index (χ3n) is 2.43. The maximum atomic E-state index is 11.5. The van der Waals surface area contributed by atoms with Crippen molar-refractivity contribution in [3.05, 3.63) is 35.4 Å². The molecule has 0 saturated carbocycles. The zero-order valence-corrected chi connectivity index (χ0v) is 10.5. The molecule has 0 fully saturated rings. The third-order valence-corrected chi connectivity index (χ3v) is 3.93. The Hall–Kier alpha value is -1.40. The van der Waals surface area contributed by atoms with E-state index in [2.05, 4.69) is 4.74 Å². The average molecular weight is 257 g/mol. The van der Waals surface area contributed by atoms with Gasteiger partial charge in [0, 0.05) is 12.8 Å². The number of methoxy groups -OCH3 is 1. The van der Waals surface area contributed by atoms with Crippen LogP contribution < -0.4 is 5.73 Å². The van der Waals surface area contributed by atoms with E-state index < -0.39 is 21.1 Å². The lowest BCUT2D eigenvalue weighted by Crippen LogP contribution is -2.20. The minimum absolute atomic E-state index is 0.0103. The predicted molar refractivity (Wildman–Crippen MR) is 64.4 cm³/mol. The van der Waals surface area contributed by atoms with Crippen molar-refractivity contribution in [2.45, 2.75) is 5.25 Å². The summed E-state index contributed by atoms with van der Waals surface area (Å²) in [5, 5.41) is -0.741. The van der Waals surface area contributed by atoms with Crippen LogP contribution in [0.1, 0.15) is 21.2 Å². The van der Waals surface area contributed by atoms with Gasteiger partial charge in [0.25, 0.3) is 0 Å². The number of carbonyl (C=O) groups is 1. The zero-order valence-electron chi connectivity index (χ0n) is 9.71. The van der Waals surface area contributed by atoms with Gasteiger partial charge < -0.3 is 10.5 Å². The molecule has 0 spiro atoms. The van der Waals surface area contributed by atoms with E-state index in [-0.39, 0.29) is 6.54 Å². The maximum absolute atomic E-state index is 11.5. The molecule has 0 aliphatic rings. The zero-order chi connectivity index (χ0) is 13.1. The summed E-state index contributed by atoms with van der Waals surface area (Å²) in [6.45, 7) is 0.0103. The Morgan fingerprint density at radius 3 is 2.24 bits per heavy atom. The van der Waals surface area contributed by atoms with E-state index in [0.29, 0.717) is 11.1 Å². The molecule has 94 valence electrons. The molecule has 0 radical (unpaired) electrons. The van der Waals surface area contributed by atoms with Gasteiger partial charge in [-0.1, -0.05) is 12.1 Å². The molecule has 1 rings (SSSR count). The predicted octanol–water partition coefficient (Wildman–Crippen LogP) is 0.518. The van der Waals surface area contributed by atoms with Crippen LogP contribution in [0.4, 0.5) is 0 Å². The maximum Gasteiger partial charge on any atom is 0.337 e. The van der Waals surface area contributed by atoms with Gasteiger partial charge in [-0.05, 0) is 17.7 Å². The Kier molecular flexibility index (Phi) is 4.25. The monoisotopic (exact) mass is 257 g/mol. The number of rotatable bonds is 4. The number of esters is 1. The fourth-order valence-electron chi connectivity index (χ4n) is 1.51. The van der Waals surface area contributed by atoms with Gasteiger partial charge in [-0.2, -0.15) is 0 Å². The van der Waals surface area contributed by atoms with Crippen molar-refractivity contribution in [1.29, 1.82) is 0 Å². The van der Waals surface area contributed by atoms with Gasteiger partial charge in [-0.25, -0.2) is 13.2 Å². The molecule has 0 aliphatic carbocycles. The first-order chi connectivity index (χ1) is 7.90. The standard InChI is InChI=1S/C11H15NO4S/c1-16-11(13)9-5-3-8(4-6-9)10(7-12)17(2,14)15/h3-6,10H,7,12H2,1-2H3/t10-/m1/s1. The molecular weight excluding hydrogens is 242 g/mol. The van der Waals surface area contributed by atoms with Crippen LogP contribution in [0.2, 0.25) is 0 Å². The third kappa shape index (κ3) is 3.28. The average Bonchev–Trinajstić information content (AvgIpc) is 2.28. The minimum Gasteiger partial charge on any atom is -0.465 e. The highest BCUT2D eigenvalue weighted by molar-refractivity contribution is 7.91. The topological polar surface area (TPSA) is 86.5 Å². The number of benzene rings is 1. The summed E-state index contributed by atoms with van der Waals surface area (Å²) in [6.07, 6.45) is 1.14. The van der Waals surface area contributed by atoms with E-state index in [1.807, 2.05) is 0 Å². The summed E-state index contributed by atoms with van der Waals surface area (Å²) in [4.78, 5) is 11.2. The number of ether oxygens (including phenoxy) is 1. The van der Waals surface area contributed by atoms with E-state index in [1.165, 1.54) is 19.2 Å². The van der Waals surface area contributed by atoms with E-state index in [1.54, 1.807) is 12.1 Å². The van der Waals surface area contributed by atoms with Gasteiger partial charge in [0.15, 0.2) is 9.84 Å². The van der Waals surface area contributed by atoms with Crippen LogP contribution >= 0.6 is 0 Å². The largest absolute Gasteiger partial charge is 0.465 e. The Labute approximate surface area is 100 Å². The number of hydrogen-bond acceptors (Lipinski definition) is 5. The number of hydrogen-bond donors (Lipinski definition) is 1. The molecule has 1 aromatic carbocycles. The van der Waals surface area contributed by atoms with E-state index in [9.17, 15) is 13.2 Å². The lowest BCUT2D eigenvalue weighted by atomic mass is 10.1. The number of nitrogens with two attached hydrogens (primary N) is 1. The van der Waals surface area contributed by atoms with Crippen molar-refractivity contribution in [3.8, 4) is 0 Å². The smallest absolute Gasteiger partial charge is 0.337 e. The van der Waals surface area contributed by atoms with Crippen molar-refractivity contribution in [3.63, 3.8) is 0 Å². The Morgan fingerprint density at radius 2 is 1.88 bits per heavy atom.